The van der Waals surface area contributed by atoms with Crippen LogP contribution < -0.4 is 4.72 Å². The topological polar surface area (TPSA) is 46.2 Å². The number of halogens is 5. The molecule has 0 aliphatic carbocycles. The zero-order valence-electron chi connectivity index (χ0n) is 8.05. The van der Waals surface area contributed by atoms with Gasteiger partial charge in [-0.2, -0.15) is 13.2 Å². The standard InChI is InChI=1S/C8H6BrClF3NO2S/c9-6-2-1-5(8(11,12)13)3-7(6)14-17(15,16)4-10/h1-3,14H,4H2. The highest BCUT2D eigenvalue weighted by atomic mass is 79.9. The third kappa shape index (κ3) is 4.04. The van der Waals surface area contributed by atoms with Gasteiger partial charge in [0.1, 0.15) is 5.21 Å². The fourth-order valence-electron chi connectivity index (χ4n) is 0.975. The number of nitrogens with one attached hydrogen (secondary N) is 1. The van der Waals surface area contributed by atoms with Crippen LogP contribution in [0.25, 0.3) is 0 Å². The molecule has 0 aromatic heterocycles. The molecule has 0 atom stereocenters. The first-order chi connectivity index (χ1) is 7.65. The number of alkyl halides is 4. The molecule has 1 aromatic rings. The second-order valence-electron chi connectivity index (χ2n) is 3.02. The predicted molar refractivity (Wildman–Crippen MR) is 62.4 cm³/mol. The van der Waals surface area contributed by atoms with E-state index in [2.05, 4.69) is 15.9 Å². The molecule has 9 heteroatoms. The summed E-state index contributed by atoms with van der Waals surface area (Å²) >= 11 is 8.08. The summed E-state index contributed by atoms with van der Waals surface area (Å²) in [5.74, 6) is 0. The van der Waals surface area contributed by atoms with Crippen LogP contribution in [0.2, 0.25) is 0 Å². The quantitative estimate of drug-likeness (QED) is 0.848. The van der Waals surface area contributed by atoms with Crippen LogP contribution in [0.15, 0.2) is 22.7 Å². The summed E-state index contributed by atoms with van der Waals surface area (Å²) in [6, 6.07) is 2.63. The van der Waals surface area contributed by atoms with Gasteiger partial charge >= 0.3 is 6.18 Å². The highest BCUT2D eigenvalue weighted by molar-refractivity contribution is 9.10. The molecule has 0 aliphatic rings. The lowest BCUT2D eigenvalue weighted by molar-refractivity contribution is -0.137. The fraction of sp³-hybridized carbons (Fsp3) is 0.250. The van der Waals surface area contributed by atoms with E-state index in [1.807, 2.05) is 4.72 Å². The number of hydrogen-bond donors (Lipinski definition) is 1. The summed E-state index contributed by atoms with van der Waals surface area (Å²) in [4.78, 5) is 0. The van der Waals surface area contributed by atoms with Crippen molar-refractivity contribution in [3.05, 3.63) is 28.2 Å². The Morgan fingerprint density at radius 3 is 2.41 bits per heavy atom. The van der Waals surface area contributed by atoms with Crippen LogP contribution in [-0.2, 0) is 16.2 Å². The minimum atomic E-state index is -4.54. The lowest BCUT2D eigenvalue weighted by Gasteiger charge is -2.11. The third-order valence-electron chi connectivity index (χ3n) is 1.70. The van der Waals surface area contributed by atoms with E-state index in [0.717, 1.165) is 12.1 Å². The van der Waals surface area contributed by atoms with E-state index >= 15 is 0 Å². The Labute approximate surface area is 109 Å². The summed E-state index contributed by atoms with van der Waals surface area (Å²) in [6.07, 6.45) is -4.54. The smallest absolute Gasteiger partial charge is 0.281 e. The lowest BCUT2D eigenvalue weighted by atomic mass is 10.2. The molecule has 1 N–H and O–H groups in total. The van der Waals surface area contributed by atoms with Gasteiger partial charge in [-0.05, 0) is 34.1 Å². The molecule has 17 heavy (non-hydrogen) atoms. The average Bonchev–Trinajstić information content (AvgIpc) is 2.19. The second-order valence-corrected chi connectivity index (χ2v) is 6.18. The van der Waals surface area contributed by atoms with Crippen molar-refractivity contribution in [2.24, 2.45) is 0 Å². The molecule has 0 amide bonds. The van der Waals surface area contributed by atoms with Crippen LogP contribution in [0.4, 0.5) is 18.9 Å². The van der Waals surface area contributed by atoms with Gasteiger partial charge < -0.3 is 0 Å². The van der Waals surface area contributed by atoms with Crippen LogP contribution in [0, 0.1) is 0 Å². The maximum atomic E-state index is 12.4. The number of rotatable bonds is 3. The van der Waals surface area contributed by atoms with Crippen molar-refractivity contribution >= 4 is 43.2 Å². The Hall–Kier alpha value is -0.470. The van der Waals surface area contributed by atoms with Crippen molar-refractivity contribution in [3.8, 4) is 0 Å². The molecule has 0 radical (unpaired) electrons. The molecule has 0 bridgehead atoms. The van der Waals surface area contributed by atoms with E-state index < -0.39 is 27.0 Å². The SMILES string of the molecule is O=S(=O)(CCl)Nc1cc(C(F)(F)F)ccc1Br. The van der Waals surface area contributed by atoms with Crippen LogP contribution in [0.1, 0.15) is 5.56 Å². The third-order valence-corrected chi connectivity index (χ3v) is 4.07. The van der Waals surface area contributed by atoms with Crippen LogP contribution >= 0.6 is 27.5 Å². The van der Waals surface area contributed by atoms with Crippen molar-refractivity contribution in [1.29, 1.82) is 0 Å². The van der Waals surface area contributed by atoms with Crippen molar-refractivity contribution in [3.63, 3.8) is 0 Å². The maximum absolute atomic E-state index is 12.4. The highest BCUT2D eigenvalue weighted by Crippen LogP contribution is 2.34. The van der Waals surface area contributed by atoms with Gasteiger partial charge in [0.05, 0.1) is 11.3 Å². The highest BCUT2D eigenvalue weighted by Gasteiger charge is 2.31. The summed E-state index contributed by atoms with van der Waals surface area (Å²) in [7, 11) is -3.84. The largest absolute Gasteiger partial charge is 0.416 e. The Bertz CT molecular complexity index is 518. The molecule has 0 saturated heterocycles. The summed E-state index contributed by atoms with van der Waals surface area (Å²) in [5, 5.41) is -0.740. The molecule has 0 heterocycles. The number of hydrogen-bond acceptors (Lipinski definition) is 2. The predicted octanol–water partition coefficient (Wildman–Crippen LogP) is 3.41. The van der Waals surface area contributed by atoms with Gasteiger partial charge in [0.15, 0.2) is 0 Å². The van der Waals surface area contributed by atoms with E-state index in [9.17, 15) is 21.6 Å². The van der Waals surface area contributed by atoms with E-state index in [4.69, 9.17) is 11.6 Å². The van der Waals surface area contributed by atoms with Gasteiger partial charge in [-0.1, -0.05) is 0 Å². The van der Waals surface area contributed by atoms with Gasteiger partial charge in [-0.25, -0.2) is 8.42 Å². The molecular formula is C8H6BrClF3NO2S. The first-order valence-corrected chi connectivity index (χ1v) is 7.07. The van der Waals surface area contributed by atoms with E-state index in [1.54, 1.807) is 0 Å². The van der Waals surface area contributed by atoms with Crippen molar-refractivity contribution < 1.29 is 21.6 Å². The molecule has 1 rings (SSSR count). The Balaban J connectivity index is 3.17. The minimum absolute atomic E-state index is 0.194. The molecule has 0 aliphatic heterocycles. The number of anilines is 1. The summed E-state index contributed by atoms with van der Waals surface area (Å²) in [5.41, 5.74) is -1.16. The molecule has 96 valence electrons. The minimum Gasteiger partial charge on any atom is -0.281 e. The van der Waals surface area contributed by atoms with E-state index in [1.165, 1.54) is 0 Å². The summed E-state index contributed by atoms with van der Waals surface area (Å²) < 4.78 is 61.6. The zero-order chi connectivity index (χ0) is 13.3. The monoisotopic (exact) mass is 351 g/mol. The molecule has 0 fully saturated rings. The van der Waals surface area contributed by atoms with E-state index in [-0.39, 0.29) is 10.2 Å². The Morgan fingerprint density at radius 1 is 1.35 bits per heavy atom. The van der Waals surface area contributed by atoms with Gasteiger partial charge in [-0.3, -0.25) is 4.72 Å². The maximum Gasteiger partial charge on any atom is 0.416 e. The molecule has 0 saturated carbocycles. The van der Waals surface area contributed by atoms with Crippen LogP contribution in [0.5, 0.6) is 0 Å². The van der Waals surface area contributed by atoms with Gasteiger partial charge in [0, 0.05) is 4.47 Å². The molecule has 0 unspecified atom stereocenters. The molecule has 3 nitrogen and oxygen atoms in total. The number of benzene rings is 1. The Kier molecular flexibility index (Phi) is 4.32. The zero-order valence-corrected chi connectivity index (χ0v) is 11.2. The van der Waals surface area contributed by atoms with Crippen LogP contribution in [-0.4, -0.2) is 13.6 Å². The van der Waals surface area contributed by atoms with Gasteiger partial charge in [0.25, 0.3) is 0 Å². The first kappa shape index (κ1) is 14.6. The number of sulfonamides is 1. The molecule has 0 spiro atoms. The first-order valence-electron chi connectivity index (χ1n) is 4.09. The molecule has 1 aromatic carbocycles. The van der Waals surface area contributed by atoms with Gasteiger partial charge in [-0.15, -0.1) is 11.6 Å². The normalized spacial score (nSPS) is 12.5. The van der Waals surface area contributed by atoms with Crippen molar-refractivity contribution in [2.45, 2.75) is 6.18 Å². The second kappa shape index (κ2) is 5.03. The van der Waals surface area contributed by atoms with Crippen LogP contribution in [0.3, 0.4) is 0 Å². The van der Waals surface area contributed by atoms with Crippen molar-refractivity contribution in [2.75, 3.05) is 9.93 Å². The van der Waals surface area contributed by atoms with E-state index in [0.29, 0.717) is 6.07 Å². The lowest BCUT2D eigenvalue weighted by Crippen LogP contribution is -2.15. The molecular weight excluding hydrogens is 347 g/mol. The summed E-state index contributed by atoms with van der Waals surface area (Å²) in [6.45, 7) is 0. The fourth-order valence-corrected chi connectivity index (χ4v) is 2.17. The van der Waals surface area contributed by atoms with Crippen molar-refractivity contribution in [1.82, 2.24) is 0 Å². The Morgan fingerprint density at radius 2 is 1.94 bits per heavy atom. The average molecular weight is 353 g/mol. The van der Waals surface area contributed by atoms with Gasteiger partial charge in [0.2, 0.25) is 10.0 Å².